The molecule has 0 amide bonds. The quantitative estimate of drug-likeness (QED) is 0.465. The summed E-state index contributed by atoms with van der Waals surface area (Å²) in [5, 5.41) is 2.41. The highest BCUT2D eigenvalue weighted by Crippen LogP contribution is 2.25. The molecular weight excluding hydrogens is 296 g/mol. The molecule has 122 valence electrons. The van der Waals surface area contributed by atoms with Crippen molar-refractivity contribution < 1.29 is 9.53 Å². The van der Waals surface area contributed by atoms with Crippen LogP contribution in [-0.2, 0) is 4.79 Å². The van der Waals surface area contributed by atoms with Gasteiger partial charge in [-0.2, -0.15) is 0 Å². The van der Waals surface area contributed by atoms with Gasteiger partial charge >= 0.3 is 5.97 Å². The third kappa shape index (κ3) is 3.83. The van der Waals surface area contributed by atoms with Crippen LogP contribution in [0.4, 0.5) is 0 Å². The van der Waals surface area contributed by atoms with Gasteiger partial charge < -0.3 is 4.74 Å². The highest BCUT2D eigenvalue weighted by molar-refractivity contribution is 5.83. The van der Waals surface area contributed by atoms with E-state index in [2.05, 4.69) is 43.3 Å². The number of ether oxygens (including phenoxy) is 1. The standard InChI is InChI=1S/C22H22O2/c1-15-10-16(2)12-21(11-15)24-22(23)13-17(3)19-9-8-18-6-4-5-7-20(18)14-19/h4-12,14,17H,13H2,1-3H3. The fraction of sp³-hybridized carbons (Fsp3) is 0.227. The lowest BCUT2D eigenvalue weighted by Crippen LogP contribution is -2.11. The fourth-order valence-corrected chi connectivity index (χ4v) is 3.05. The second kappa shape index (κ2) is 6.88. The van der Waals surface area contributed by atoms with Crippen LogP contribution in [0.5, 0.6) is 5.75 Å². The first-order chi connectivity index (χ1) is 11.5. The molecule has 0 aromatic heterocycles. The van der Waals surface area contributed by atoms with Gasteiger partial charge in [-0.15, -0.1) is 0 Å². The molecule has 0 aliphatic heterocycles. The summed E-state index contributed by atoms with van der Waals surface area (Å²) in [6, 6.07) is 20.5. The first-order valence-electron chi connectivity index (χ1n) is 8.29. The van der Waals surface area contributed by atoms with E-state index in [1.165, 1.54) is 10.8 Å². The van der Waals surface area contributed by atoms with E-state index in [9.17, 15) is 4.79 Å². The van der Waals surface area contributed by atoms with Crippen LogP contribution in [0.2, 0.25) is 0 Å². The van der Waals surface area contributed by atoms with Gasteiger partial charge in [0, 0.05) is 0 Å². The van der Waals surface area contributed by atoms with E-state index in [4.69, 9.17) is 4.74 Å². The molecule has 1 atom stereocenters. The minimum absolute atomic E-state index is 0.119. The van der Waals surface area contributed by atoms with Crippen molar-refractivity contribution in [1.82, 2.24) is 0 Å². The molecule has 0 spiro atoms. The Balaban J connectivity index is 1.70. The van der Waals surface area contributed by atoms with Crippen molar-refractivity contribution in [3.63, 3.8) is 0 Å². The summed E-state index contributed by atoms with van der Waals surface area (Å²) >= 11 is 0. The molecule has 0 heterocycles. The number of esters is 1. The van der Waals surface area contributed by atoms with Crippen LogP contribution in [0.3, 0.4) is 0 Å². The van der Waals surface area contributed by atoms with Crippen molar-refractivity contribution in [2.45, 2.75) is 33.1 Å². The predicted molar refractivity (Wildman–Crippen MR) is 98.5 cm³/mol. The van der Waals surface area contributed by atoms with E-state index >= 15 is 0 Å². The van der Waals surface area contributed by atoms with Crippen LogP contribution in [0.1, 0.15) is 36.0 Å². The average molecular weight is 318 g/mol. The smallest absolute Gasteiger partial charge is 0.311 e. The van der Waals surface area contributed by atoms with E-state index in [0.717, 1.165) is 16.7 Å². The van der Waals surface area contributed by atoms with Gasteiger partial charge in [-0.3, -0.25) is 4.79 Å². The molecule has 2 heteroatoms. The number of hydrogen-bond acceptors (Lipinski definition) is 2. The molecule has 0 aliphatic rings. The molecule has 0 radical (unpaired) electrons. The SMILES string of the molecule is Cc1cc(C)cc(OC(=O)CC(C)c2ccc3ccccc3c2)c1. The van der Waals surface area contributed by atoms with Crippen LogP contribution in [0, 0.1) is 13.8 Å². The maximum atomic E-state index is 12.3. The van der Waals surface area contributed by atoms with Crippen LogP contribution in [0.25, 0.3) is 10.8 Å². The molecule has 3 aromatic carbocycles. The summed E-state index contributed by atoms with van der Waals surface area (Å²) in [5.41, 5.74) is 3.35. The second-order valence-corrected chi connectivity index (χ2v) is 6.51. The first-order valence-corrected chi connectivity index (χ1v) is 8.29. The molecule has 1 unspecified atom stereocenters. The van der Waals surface area contributed by atoms with Gasteiger partial charge in [0.05, 0.1) is 6.42 Å². The van der Waals surface area contributed by atoms with Crippen LogP contribution in [-0.4, -0.2) is 5.97 Å². The van der Waals surface area contributed by atoms with Crippen molar-refractivity contribution in [1.29, 1.82) is 0 Å². The van der Waals surface area contributed by atoms with Crippen molar-refractivity contribution in [2.24, 2.45) is 0 Å². The highest BCUT2D eigenvalue weighted by Gasteiger charge is 2.14. The number of benzene rings is 3. The van der Waals surface area contributed by atoms with Gasteiger partial charge in [-0.1, -0.05) is 55.5 Å². The normalized spacial score (nSPS) is 12.1. The van der Waals surface area contributed by atoms with Gasteiger partial charge in [0.25, 0.3) is 0 Å². The summed E-state index contributed by atoms with van der Waals surface area (Å²) in [5.74, 6) is 0.553. The van der Waals surface area contributed by atoms with E-state index in [1.54, 1.807) is 0 Å². The first kappa shape index (κ1) is 16.3. The molecule has 3 aromatic rings. The highest BCUT2D eigenvalue weighted by atomic mass is 16.5. The molecule has 2 nitrogen and oxygen atoms in total. The topological polar surface area (TPSA) is 26.3 Å². The summed E-state index contributed by atoms with van der Waals surface area (Å²) in [6.45, 7) is 6.07. The van der Waals surface area contributed by atoms with Crippen LogP contribution in [0.15, 0.2) is 60.7 Å². The van der Waals surface area contributed by atoms with Crippen LogP contribution < -0.4 is 4.74 Å². The Morgan fingerprint density at radius 2 is 1.58 bits per heavy atom. The van der Waals surface area contributed by atoms with Crippen molar-refractivity contribution >= 4 is 16.7 Å². The maximum absolute atomic E-state index is 12.3. The minimum atomic E-state index is -0.194. The Morgan fingerprint density at radius 1 is 0.917 bits per heavy atom. The second-order valence-electron chi connectivity index (χ2n) is 6.51. The van der Waals surface area contributed by atoms with Gasteiger partial charge in [0.1, 0.15) is 5.75 Å². The molecule has 0 fully saturated rings. The van der Waals surface area contributed by atoms with E-state index in [0.29, 0.717) is 12.2 Å². The molecule has 0 saturated carbocycles. The van der Waals surface area contributed by atoms with E-state index < -0.39 is 0 Å². The zero-order valence-electron chi connectivity index (χ0n) is 14.4. The molecule has 0 aliphatic carbocycles. The Kier molecular flexibility index (Phi) is 4.66. The monoisotopic (exact) mass is 318 g/mol. The minimum Gasteiger partial charge on any atom is -0.426 e. The number of aryl methyl sites for hydroxylation is 2. The summed E-state index contributed by atoms with van der Waals surface area (Å²) in [7, 11) is 0. The molecule has 0 saturated heterocycles. The molecule has 24 heavy (non-hydrogen) atoms. The Bertz CT molecular complexity index is 860. The molecule has 3 rings (SSSR count). The Labute approximate surface area is 143 Å². The summed E-state index contributed by atoms with van der Waals surface area (Å²) in [4.78, 5) is 12.3. The van der Waals surface area contributed by atoms with Gasteiger partial charge in [0.2, 0.25) is 0 Å². The maximum Gasteiger partial charge on any atom is 0.311 e. The Hall–Kier alpha value is -2.61. The lowest BCUT2D eigenvalue weighted by Gasteiger charge is -2.13. The fourth-order valence-electron chi connectivity index (χ4n) is 3.05. The zero-order chi connectivity index (χ0) is 17.1. The van der Waals surface area contributed by atoms with Gasteiger partial charge in [-0.05, 0) is 59.4 Å². The Morgan fingerprint density at radius 3 is 2.29 bits per heavy atom. The van der Waals surface area contributed by atoms with E-state index in [1.807, 2.05) is 38.1 Å². The van der Waals surface area contributed by atoms with Crippen LogP contribution >= 0.6 is 0 Å². The van der Waals surface area contributed by atoms with Crippen molar-refractivity contribution in [3.05, 3.63) is 77.4 Å². The lowest BCUT2D eigenvalue weighted by molar-refractivity contribution is -0.134. The van der Waals surface area contributed by atoms with E-state index in [-0.39, 0.29) is 11.9 Å². The number of hydrogen-bond donors (Lipinski definition) is 0. The number of carbonyl (C=O) groups is 1. The van der Waals surface area contributed by atoms with Gasteiger partial charge in [-0.25, -0.2) is 0 Å². The number of carbonyl (C=O) groups excluding carboxylic acids is 1. The zero-order valence-corrected chi connectivity index (χ0v) is 14.4. The average Bonchev–Trinajstić information content (AvgIpc) is 2.53. The number of fused-ring (bicyclic) bond motifs is 1. The summed E-state index contributed by atoms with van der Waals surface area (Å²) in [6.07, 6.45) is 0.366. The summed E-state index contributed by atoms with van der Waals surface area (Å²) < 4.78 is 5.52. The third-order valence-electron chi connectivity index (χ3n) is 4.24. The number of rotatable bonds is 4. The largest absolute Gasteiger partial charge is 0.426 e. The molecule has 0 N–H and O–H groups in total. The van der Waals surface area contributed by atoms with Gasteiger partial charge in [0.15, 0.2) is 0 Å². The lowest BCUT2D eigenvalue weighted by atomic mass is 9.95. The predicted octanol–water partition coefficient (Wildman–Crippen LogP) is 5.56. The van der Waals surface area contributed by atoms with Crippen molar-refractivity contribution in [2.75, 3.05) is 0 Å². The van der Waals surface area contributed by atoms with Crippen molar-refractivity contribution in [3.8, 4) is 5.75 Å². The molecule has 0 bridgehead atoms. The molecular formula is C22H22O2. The third-order valence-corrected chi connectivity index (χ3v) is 4.24.